The molecule has 0 aromatic heterocycles. The highest BCUT2D eigenvalue weighted by Crippen LogP contribution is 2.28. The van der Waals surface area contributed by atoms with Crippen molar-refractivity contribution >= 4 is 17.6 Å². The molecule has 0 radical (unpaired) electrons. The highest BCUT2D eigenvalue weighted by molar-refractivity contribution is 6.30. The van der Waals surface area contributed by atoms with Crippen LogP contribution in [0.5, 0.6) is 5.75 Å². The molecule has 1 aromatic rings. The third-order valence-corrected chi connectivity index (χ3v) is 2.61. The van der Waals surface area contributed by atoms with E-state index >= 15 is 0 Å². The fourth-order valence-electron chi connectivity index (χ4n) is 1.44. The first-order chi connectivity index (χ1) is 7.95. The van der Waals surface area contributed by atoms with Gasteiger partial charge < -0.3 is 15.6 Å². The molecule has 5 heteroatoms. The predicted molar refractivity (Wildman–Crippen MR) is 66.4 cm³/mol. The Morgan fingerprint density at radius 3 is 2.71 bits per heavy atom. The molecule has 94 valence electrons. The molecule has 0 fully saturated rings. The smallest absolute Gasteiger partial charge is 0.344 e. The number of hydrogen-bond donors (Lipinski definition) is 2. The summed E-state index contributed by atoms with van der Waals surface area (Å²) < 4.78 is 5.43. The molecule has 0 saturated heterocycles. The van der Waals surface area contributed by atoms with Gasteiger partial charge in [0.15, 0.2) is 6.10 Å². The molecule has 0 spiro atoms. The summed E-state index contributed by atoms with van der Waals surface area (Å²) in [5.74, 6) is -0.517. The van der Waals surface area contributed by atoms with Crippen LogP contribution in [0.3, 0.4) is 0 Å². The summed E-state index contributed by atoms with van der Waals surface area (Å²) in [5.41, 5.74) is 6.50. The summed E-state index contributed by atoms with van der Waals surface area (Å²) in [6, 6.07) is 4.72. The number of carbonyl (C=O) groups is 1. The molecular formula is C12H16ClNO3. The van der Waals surface area contributed by atoms with E-state index in [4.69, 9.17) is 27.2 Å². The quantitative estimate of drug-likeness (QED) is 0.850. The Kier molecular flexibility index (Phi) is 4.78. The number of carboxylic acid groups (broad SMARTS) is 1. The lowest BCUT2D eigenvalue weighted by Crippen LogP contribution is -2.26. The van der Waals surface area contributed by atoms with Gasteiger partial charge in [-0.05, 0) is 31.5 Å². The van der Waals surface area contributed by atoms with Crippen LogP contribution in [0, 0.1) is 0 Å². The van der Waals surface area contributed by atoms with E-state index in [0.717, 1.165) is 0 Å². The standard InChI is InChI=1S/C12H16ClNO3/c1-3-10(12(15)16)17-11-5-4-8(13)6-9(11)7(2)14/h4-7,10H,3,14H2,1-2H3,(H,15,16)/t7-,10?/m1/s1. The van der Waals surface area contributed by atoms with Gasteiger partial charge in [-0.3, -0.25) is 0 Å². The second-order valence-electron chi connectivity index (χ2n) is 3.82. The minimum absolute atomic E-state index is 0.269. The molecule has 0 aliphatic carbocycles. The van der Waals surface area contributed by atoms with Crippen molar-refractivity contribution in [2.45, 2.75) is 32.4 Å². The van der Waals surface area contributed by atoms with Crippen molar-refractivity contribution in [3.8, 4) is 5.75 Å². The van der Waals surface area contributed by atoms with Crippen molar-refractivity contribution in [1.29, 1.82) is 0 Å². The fraction of sp³-hybridized carbons (Fsp3) is 0.417. The second-order valence-corrected chi connectivity index (χ2v) is 4.26. The molecule has 0 amide bonds. The summed E-state index contributed by atoms with van der Waals surface area (Å²) in [4.78, 5) is 10.9. The Hall–Kier alpha value is -1.26. The van der Waals surface area contributed by atoms with Crippen LogP contribution in [-0.2, 0) is 4.79 Å². The van der Waals surface area contributed by atoms with Crippen molar-refractivity contribution in [2.24, 2.45) is 5.73 Å². The van der Waals surface area contributed by atoms with Gasteiger partial charge in [0, 0.05) is 16.6 Å². The van der Waals surface area contributed by atoms with E-state index in [2.05, 4.69) is 0 Å². The van der Waals surface area contributed by atoms with Crippen molar-refractivity contribution in [3.63, 3.8) is 0 Å². The summed E-state index contributed by atoms with van der Waals surface area (Å²) in [6.45, 7) is 3.54. The predicted octanol–water partition coefficient (Wildman–Crippen LogP) is 2.60. The van der Waals surface area contributed by atoms with Crippen molar-refractivity contribution < 1.29 is 14.6 Å². The van der Waals surface area contributed by atoms with Crippen LogP contribution in [0.2, 0.25) is 5.02 Å². The molecule has 4 nitrogen and oxygen atoms in total. The van der Waals surface area contributed by atoms with Crippen LogP contribution >= 0.6 is 11.6 Å². The average molecular weight is 258 g/mol. The minimum Gasteiger partial charge on any atom is -0.479 e. The highest BCUT2D eigenvalue weighted by Gasteiger charge is 2.19. The van der Waals surface area contributed by atoms with Gasteiger partial charge in [0.05, 0.1) is 0 Å². The Bertz CT molecular complexity index is 407. The van der Waals surface area contributed by atoms with E-state index in [1.165, 1.54) is 0 Å². The minimum atomic E-state index is -0.988. The molecule has 0 bridgehead atoms. The van der Waals surface area contributed by atoms with Gasteiger partial charge in [0.25, 0.3) is 0 Å². The number of nitrogens with two attached hydrogens (primary N) is 1. The summed E-state index contributed by atoms with van der Waals surface area (Å²) >= 11 is 5.87. The lowest BCUT2D eigenvalue weighted by molar-refractivity contribution is -0.145. The second kappa shape index (κ2) is 5.89. The van der Waals surface area contributed by atoms with Gasteiger partial charge >= 0.3 is 5.97 Å². The maximum atomic E-state index is 10.9. The SMILES string of the molecule is CCC(Oc1ccc(Cl)cc1[C@@H](C)N)C(=O)O. The number of rotatable bonds is 5. The first kappa shape index (κ1) is 13.8. The number of benzene rings is 1. The lowest BCUT2D eigenvalue weighted by atomic mass is 10.1. The third kappa shape index (κ3) is 3.61. The van der Waals surface area contributed by atoms with E-state index in [9.17, 15) is 4.79 Å². The Morgan fingerprint density at radius 2 is 2.24 bits per heavy atom. The molecule has 1 rings (SSSR count). The zero-order valence-electron chi connectivity index (χ0n) is 9.81. The van der Waals surface area contributed by atoms with Crippen LogP contribution in [0.1, 0.15) is 31.9 Å². The van der Waals surface area contributed by atoms with E-state index in [-0.39, 0.29) is 6.04 Å². The number of hydrogen-bond acceptors (Lipinski definition) is 3. The fourth-order valence-corrected chi connectivity index (χ4v) is 1.62. The molecule has 0 heterocycles. The number of halogens is 1. The summed E-state index contributed by atoms with van der Waals surface area (Å²) in [5, 5.41) is 9.49. The molecule has 0 aliphatic rings. The summed E-state index contributed by atoms with van der Waals surface area (Å²) in [6.07, 6.45) is -0.482. The van der Waals surface area contributed by atoms with Crippen molar-refractivity contribution in [1.82, 2.24) is 0 Å². The molecule has 0 saturated carbocycles. The van der Waals surface area contributed by atoms with Crippen LogP contribution in [0.4, 0.5) is 0 Å². The first-order valence-electron chi connectivity index (χ1n) is 5.40. The molecule has 1 aromatic carbocycles. The molecule has 2 atom stereocenters. The molecule has 3 N–H and O–H groups in total. The molecule has 1 unspecified atom stereocenters. The van der Waals surface area contributed by atoms with Gasteiger partial charge in [0.2, 0.25) is 0 Å². The topological polar surface area (TPSA) is 72.5 Å². The van der Waals surface area contributed by atoms with Gasteiger partial charge in [0.1, 0.15) is 5.75 Å². The zero-order valence-corrected chi connectivity index (χ0v) is 10.6. The van der Waals surface area contributed by atoms with Crippen LogP contribution < -0.4 is 10.5 Å². The van der Waals surface area contributed by atoms with Gasteiger partial charge in [-0.2, -0.15) is 0 Å². The monoisotopic (exact) mass is 257 g/mol. The third-order valence-electron chi connectivity index (χ3n) is 2.38. The van der Waals surface area contributed by atoms with Gasteiger partial charge in [-0.25, -0.2) is 4.79 Å². The van der Waals surface area contributed by atoms with Gasteiger partial charge in [-0.15, -0.1) is 0 Å². The number of ether oxygens (including phenoxy) is 1. The normalized spacial score (nSPS) is 14.1. The highest BCUT2D eigenvalue weighted by atomic mass is 35.5. The van der Waals surface area contributed by atoms with Crippen molar-refractivity contribution in [2.75, 3.05) is 0 Å². The Morgan fingerprint density at radius 1 is 1.59 bits per heavy atom. The van der Waals surface area contributed by atoms with Crippen molar-refractivity contribution in [3.05, 3.63) is 28.8 Å². The Balaban J connectivity index is 3.01. The first-order valence-corrected chi connectivity index (χ1v) is 5.78. The molecule has 0 aliphatic heterocycles. The maximum Gasteiger partial charge on any atom is 0.344 e. The maximum absolute atomic E-state index is 10.9. The van der Waals surface area contributed by atoms with Crippen LogP contribution in [0.25, 0.3) is 0 Å². The van der Waals surface area contributed by atoms with Crippen LogP contribution in [0.15, 0.2) is 18.2 Å². The number of aliphatic carboxylic acids is 1. The summed E-state index contributed by atoms with van der Waals surface area (Å²) in [7, 11) is 0. The van der Waals surface area contributed by atoms with Crippen LogP contribution in [-0.4, -0.2) is 17.2 Å². The Labute approximate surface area is 105 Å². The van der Waals surface area contributed by atoms with E-state index in [0.29, 0.717) is 22.8 Å². The van der Waals surface area contributed by atoms with E-state index < -0.39 is 12.1 Å². The molecule has 17 heavy (non-hydrogen) atoms. The lowest BCUT2D eigenvalue weighted by Gasteiger charge is -2.18. The molecular weight excluding hydrogens is 242 g/mol. The average Bonchev–Trinajstić information content (AvgIpc) is 2.26. The van der Waals surface area contributed by atoms with E-state index in [1.54, 1.807) is 32.0 Å². The van der Waals surface area contributed by atoms with E-state index in [1.807, 2.05) is 0 Å². The zero-order chi connectivity index (χ0) is 13.0. The van der Waals surface area contributed by atoms with Gasteiger partial charge in [-0.1, -0.05) is 18.5 Å². The largest absolute Gasteiger partial charge is 0.479 e. The number of carboxylic acids is 1.